The van der Waals surface area contributed by atoms with Gasteiger partial charge in [0.25, 0.3) is 0 Å². The van der Waals surface area contributed by atoms with Crippen LogP contribution in [0.2, 0.25) is 0 Å². The minimum absolute atomic E-state index is 0.762. The maximum atomic E-state index is 4.41. The molecule has 1 aromatic carbocycles. The zero-order valence-corrected chi connectivity index (χ0v) is 8.64. The van der Waals surface area contributed by atoms with Crippen molar-refractivity contribution in [1.82, 2.24) is 0 Å². The molecule has 0 aromatic heterocycles. The lowest BCUT2D eigenvalue weighted by Gasteiger charge is -2.09. The molecule has 0 N–H and O–H groups in total. The Kier molecular flexibility index (Phi) is 3.67. The molecule has 1 atom stereocenters. The Balaban J connectivity index is 2.69. The third-order valence-corrected chi connectivity index (χ3v) is 2.69. The number of thiol groups is 1. The summed E-state index contributed by atoms with van der Waals surface area (Å²) in [6.07, 6.45) is 2.39. The summed E-state index contributed by atoms with van der Waals surface area (Å²) < 4.78 is 0. The largest absolute Gasteiger partial charge is 0.143 e. The van der Waals surface area contributed by atoms with Crippen LogP contribution >= 0.6 is 12.6 Å². The van der Waals surface area contributed by atoms with Gasteiger partial charge >= 0.3 is 0 Å². The van der Waals surface area contributed by atoms with Gasteiger partial charge in [0.15, 0.2) is 0 Å². The summed E-state index contributed by atoms with van der Waals surface area (Å²) in [5.74, 6) is 0.762. The second-order valence-electron chi connectivity index (χ2n) is 3.35. The molecule has 0 heterocycles. The van der Waals surface area contributed by atoms with Crippen molar-refractivity contribution >= 4 is 12.6 Å². The van der Waals surface area contributed by atoms with Crippen molar-refractivity contribution in [2.45, 2.75) is 31.6 Å². The molecular weight excluding hydrogens is 164 g/mol. The van der Waals surface area contributed by atoms with Gasteiger partial charge in [0.1, 0.15) is 0 Å². The maximum Gasteiger partial charge on any atom is 0.00721 e. The SMILES string of the molecule is CCC(C)Cc1ccccc1S. The fourth-order valence-electron chi connectivity index (χ4n) is 1.20. The van der Waals surface area contributed by atoms with Gasteiger partial charge in [0.2, 0.25) is 0 Å². The molecule has 0 bridgehead atoms. The fraction of sp³-hybridized carbons (Fsp3) is 0.455. The van der Waals surface area contributed by atoms with Gasteiger partial charge in [0.05, 0.1) is 0 Å². The molecule has 0 amide bonds. The van der Waals surface area contributed by atoms with E-state index in [0.29, 0.717) is 0 Å². The van der Waals surface area contributed by atoms with Crippen molar-refractivity contribution in [3.63, 3.8) is 0 Å². The summed E-state index contributed by atoms with van der Waals surface area (Å²) in [5.41, 5.74) is 1.37. The van der Waals surface area contributed by atoms with Crippen LogP contribution in [-0.2, 0) is 6.42 Å². The van der Waals surface area contributed by atoms with Crippen LogP contribution in [0.25, 0.3) is 0 Å². The van der Waals surface area contributed by atoms with E-state index in [9.17, 15) is 0 Å². The predicted molar refractivity (Wildman–Crippen MR) is 56.9 cm³/mol. The van der Waals surface area contributed by atoms with Crippen molar-refractivity contribution < 1.29 is 0 Å². The summed E-state index contributed by atoms with van der Waals surface area (Å²) in [7, 11) is 0. The molecule has 1 aromatic rings. The van der Waals surface area contributed by atoms with Crippen molar-refractivity contribution in [3.05, 3.63) is 29.8 Å². The third kappa shape index (κ3) is 2.56. The normalized spacial score (nSPS) is 12.9. The molecule has 66 valence electrons. The molecule has 1 heteroatoms. The average Bonchev–Trinajstić information content (AvgIpc) is 2.09. The monoisotopic (exact) mass is 180 g/mol. The van der Waals surface area contributed by atoms with E-state index in [1.807, 2.05) is 6.07 Å². The first-order valence-electron chi connectivity index (χ1n) is 4.51. The van der Waals surface area contributed by atoms with Crippen LogP contribution in [0, 0.1) is 5.92 Å². The highest BCUT2D eigenvalue weighted by atomic mass is 32.1. The van der Waals surface area contributed by atoms with Gasteiger partial charge in [0, 0.05) is 4.90 Å². The summed E-state index contributed by atoms with van der Waals surface area (Å²) >= 11 is 4.41. The van der Waals surface area contributed by atoms with E-state index in [1.54, 1.807) is 0 Å². The molecule has 0 nitrogen and oxygen atoms in total. The van der Waals surface area contributed by atoms with Gasteiger partial charge in [-0.2, -0.15) is 0 Å². The highest BCUT2D eigenvalue weighted by Crippen LogP contribution is 2.18. The van der Waals surface area contributed by atoms with Crippen LogP contribution < -0.4 is 0 Å². The Labute approximate surface area is 80.4 Å². The van der Waals surface area contributed by atoms with Gasteiger partial charge in [-0.1, -0.05) is 38.5 Å². The van der Waals surface area contributed by atoms with Gasteiger partial charge in [-0.25, -0.2) is 0 Å². The van der Waals surface area contributed by atoms with Gasteiger partial charge in [-0.15, -0.1) is 12.6 Å². The van der Waals surface area contributed by atoms with Crippen LogP contribution in [-0.4, -0.2) is 0 Å². The summed E-state index contributed by atoms with van der Waals surface area (Å²) in [5, 5.41) is 0. The Bertz CT molecular complexity index is 243. The number of rotatable bonds is 3. The first kappa shape index (κ1) is 9.66. The summed E-state index contributed by atoms with van der Waals surface area (Å²) in [6.45, 7) is 4.51. The van der Waals surface area contributed by atoms with E-state index in [0.717, 1.165) is 17.2 Å². The molecule has 1 unspecified atom stereocenters. The Morgan fingerprint density at radius 3 is 2.58 bits per heavy atom. The third-order valence-electron chi connectivity index (χ3n) is 2.26. The summed E-state index contributed by atoms with van der Waals surface area (Å²) in [6, 6.07) is 8.33. The van der Waals surface area contributed by atoms with Gasteiger partial charge < -0.3 is 0 Å². The Hall–Kier alpha value is -0.430. The van der Waals surface area contributed by atoms with Crippen molar-refractivity contribution in [2.24, 2.45) is 5.92 Å². The topological polar surface area (TPSA) is 0 Å². The molecule has 0 saturated heterocycles. The van der Waals surface area contributed by atoms with Crippen LogP contribution in [0.3, 0.4) is 0 Å². The molecule has 0 saturated carbocycles. The second kappa shape index (κ2) is 4.56. The van der Waals surface area contributed by atoms with Crippen molar-refractivity contribution in [1.29, 1.82) is 0 Å². The molecular formula is C11H16S. The second-order valence-corrected chi connectivity index (χ2v) is 3.83. The minimum atomic E-state index is 0.762. The van der Waals surface area contributed by atoms with E-state index in [4.69, 9.17) is 0 Å². The molecule has 1 rings (SSSR count). The molecule has 0 spiro atoms. The Morgan fingerprint density at radius 2 is 2.00 bits per heavy atom. The minimum Gasteiger partial charge on any atom is -0.143 e. The molecule has 0 fully saturated rings. The quantitative estimate of drug-likeness (QED) is 0.675. The lowest BCUT2D eigenvalue weighted by atomic mass is 9.99. The van der Waals surface area contributed by atoms with Gasteiger partial charge in [-0.3, -0.25) is 0 Å². The van der Waals surface area contributed by atoms with E-state index < -0.39 is 0 Å². The van der Waals surface area contributed by atoms with Gasteiger partial charge in [-0.05, 0) is 24.0 Å². The number of hydrogen-bond donors (Lipinski definition) is 1. The molecule has 0 radical (unpaired) electrons. The number of benzene rings is 1. The van der Waals surface area contributed by atoms with Crippen molar-refractivity contribution in [3.8, 4) is 0 Å². The first-order chi connectivity index (χ1) is 5.74. The lowest BCUT2D eigenvalue weighted by Crippen LogP contribution is -1.98. The predicted octanol–water partition coefficient (Wildman–Crippen LogP) is 3.56. The van der Waals surface area contributed by atoms with E-state index >= 15 is 0 Å². The molecule has 0 aliphatic heterocycles. The van der Waals surface area contributed by atoms with Crippen LogP contribution in [0.5, 0.6) is 0 Å². The molecule has 0 aliphatic carbocycles. The standard InChI is InChI=1S/C11H16S/c1-3-9(2)8-10-6-4-5-7-11(10)12/h4-7,9,12H,3,8H2,1-2H3. The maximum absolute atomic E-state index is 4.41. The Morgan fingerprint density at radius 1 is 1.33 bits per heavy atom. The van der Waals surface area contributed by atoms with Crippen LogP contribution in [0.1, 0.15) is 25.8 Å². The number of hydrogen-bond acceptors (Lipinski definition) is 1. The zero-order valence-electron chi connectivity index (χ0n) is 7.75. The van der Waals surface area contributed by atoms with Crippen LogP contribution in [0.15, 0.2) is 29.2 Å². The van der Waals surface area contributed by atoms with E-state index in [1.165, 1.54) is 12.0 Å². The highest BCUT2D eigenvalue weighted by Gasteiger charge is 2.02. The lowest BCUT2D eigenvalue weighted by molar-refractivity contribution is 0.556. The highest BCUT2D eigenvalue weighted by molar-refractivity contribution is 7.80. The zero-order chi connectivity index (χ0) is 8.97. The molecule has 0 aliphatic rings. The molecule has 12 heavy (non-hydrogen) atoms. The van der Waals surface area contributed by atoms with Crippen LogP contribution in [0.4, 0.5) is 0 Å². The van der Waals surface area contributed by atoms with E-state index in [2.05, 4.69) is 44.7 Å². The summed E-state index contributed by atoms with van der Waals surface area (Å²) in [4.78, 5) is 1.12. The first-order valence-corrected chi connectivity index (χ1v) is 4.95. The van der Waals surface area contributed by atoms with E-state index in [-0.39, 0.29) is 0 Å². The van der Waals surface area contributed by atoms with Crippen molar-refractivity contribution in [2.75, 3.05) is 0 Å². The fourth-order valence-corrected chi connectivity index (χ4v) is 1.46. The average molecular weight is 180 g/mol. The smallest absolute Gasteiger partial charge is 0.00721 e.